The number of halogens is 1. The molecule has 5 rings (SSSR count). The zero-order chi connectivity index (χ0) is 19.8. The Morgan fingerprint density at radius 1 is 1.10 bits per heavy atom. The first kappa shape index (κ1) is 18.0. The fourth-order valence-corrected chi connectivity index (χ4v) is 3.75. The summed E-state index contributed by atoms with van der Waals surface area (Å²) in [5.41, 5.74) is 1.91. The van der Waals surface area contributed by atoms with Crippen molar-refractivity contribution in [3.63, 3.8) is 0 Å². The molecule has 3 aromatic rings. The number of hydrogen-bond acceptors (Lipinski definition) is 6. The number of carbonyl (C=O) groups is 1. The quantitative estimate of drug-likeness (QED) is 0.637. The van der Waals surface area contributed by atoms with Crippen LogP contribution in [0.2, 0.25) is 5.02 Å². The molecule has 0 aliphatic carbocycles. The van der Waals surface area contributed by atoms with Crippen molar-refractivity contribution in [3.8, 4) is 23.0 Å². The summed E-state index contributed by atoms with van der Waals surface area (Å²) in [5, 5.41) is 4.82. The fraction of sp³-hybridized carbons (Fsp3) is 0.286. The lowest BCUT2D eigenvalue weighted by Gasteiger charge is -2.15. The third-order valence-corrected chi connectivity index (χ3v) is 5.48. The number of hydrogen-bond donors (Lipinski definition) is 0. The van der Waals surface area contributed by atoms with E-state index in [9.17, 15) is 4.79 Å². The van der Waals surface area contributed by atoms with Crippen molar-refractivity contribution >= 4 is 17.5 Å². The summed E-state index contributed by atoms with van der Waals surface area (Å²) in [6, 6.07) is 13.2. The van der Waals surface area contributed by atoms with Crippen molar-refractivity contribution in [1.29, 1.82) is 0 Å². The van der Waals surface area contributed by atoms with E-state index in [2.05, 4.69) is 10.1 Å². The molecule has 29 heavy (non-hydrogen) atoms. The summed E-state index contributed by atoms with van der Waals surface area (Å²) in [7, 11) is 0. The molecule has 0 saturated carbocycles. The van der Waals surface area contributed by atoms with Crippen LogP contribution >= 0.6 is 11.6 Å². The van der Waals surface area contributed by atoms with Gasteiger partial charge in [-0.05, 0) is 42.3 Å². The Hall–Kier alpha value is -3.06. The van der Waals surface area contributed by atoms with E-state index in [1.54, 1.807) is 0 Å². The second-order valence-electron chi connectivity index (χ2n) is 7.14. The van der Waals surface area contributed by atoms with E-state index < -0.39 is 0 Å². The van der Waals surface area contributed by atoms with E-state index in [0.29, 0.717) is 47.7 Å². The number of fused-ring (bicyclic) bond motifs is 1. The average Bonchev–Trinajstić information content (AvgIpc) is 3.46. The zero-order valence-electron chi connectivity index (χ0n) is 15.5. The Balaban J connectivity index is 1.25. The summed E-state index contributed by atoms with van der Waals surface area (Å²) in [6.45, 7) is 1.46. The lowest BCUT2D eigenvalue weighted by molar-refractivity contribution is -0.127. The van der Waals surface area contributed by atoms with Gasteiger partial charge in [-0.15, -0.1) is 0 Å². The number of rotatable bonds is 5. The molecule has 1 amide bonds. The molecular weight excluding hydrogens is 394 g/mol. The number of nitrogens with zero attached hydrogens (tertiary/aromatic N) is 3. The maximum atomic E-state index is 12.4. The maximum Gasteiger partial charge on any atom is 0.258 e. The topological polar surface area (TPSA) is 77.7 Å². The van der Waals surface area contributed by atoms with Crippen molar-refractivity contribution in [2.24, 2.45) is 0 Å². The molecule has 1 unspecified atom stereocenters. The normalized spacial score (nSPS) is 17.9. The second kappa shape index (κ2) is 7.40. The van der Waals surface area contributed by atoms with Crippen molar-refractivity contribution in [3.05, 3.63) is 58.9 Å². The zero-order valence-corrected chi connectivity index (χ0v) is 16.3. The van der Waals surface area contributed by atoms with Gasteiger partial charge in [-0.25, -0.2) is 0 Å². The predicted octanol–water partition coefficient (Wildman–Crippen LogP) is 3.68. The van der Waals surface area contributed by atoms with Crippen LogP contribution in [0.25, 0.3) is 11.5 Å². The number of likely N-dealkylation sites (tertiary alicyclic amines) is 1. The van der Waals surface area contributed by atoms with Gasteiger partial charge in [0.2, 0.25) is 12.7 Å². The molecule has 0 spiro atoms. The molecule has 7 nitrogen and oxygen atoms in total. The largest absolute Gasteiger partial charge is 0.454 e. The lowest BCUT2D eigenvalue weighted by atomic mass is 10.1. The maximum absolute atomic E-state index is 12.4. The summed E-state index contributed by atoms with van der Waals surface area (Å²) >= 11 is 5.92. The Kier molecular flexibility index (Phi) is 4.60. The molecule has 0 radical (unpaired) electrons. The van der Waals surface area contributed by atoms with E-state index in [0.717, 1.165) is 17.5 Å². The number of aromatic nitrogens is 2. The fourth-order valence-electron chi connectivity index (χ4n) is 3.62. The van der Waals surface area contributed by atoms with Crippen LogP contribution in [-0.2, 0) is 11.2 Å². The highest BCUT2D eigenvalue weighted by Gasteiger charge is 2.33. The minimum Gasteiger partial charge on any atom is -0.454 e. The van der Waals surface area contributed by atoms with Crippen LogP contribution in [0.15, 0.2) is 47.0 Å². The highest BCUT2D eigenvalue weighted by molar-refractivity contribution is 6.30. The van der Waals surface area contributed by atoms with Crippen LogP contribution in [0, 0.1) is 0 Å². The molecule has 0 N–H and O–H groups in total. The lowest BCUT2D eigenvalue weighted by Crippen LogP contribution is -2.27. The summed E-state index contributed by atoms with van der Waals surface area (Å²) in [5.74, 6) is 2.36. The molecule has 2 aliphatic heterocycles. The summed E-state index contributed by atoms with van der Waals surface area (Å²) in [6.07, 6.45) is 1.17. The van der Waals surface area contributed by atoms with Crippen LogP contribution in [-0.4, -0.2) is 40.8 Å². The van der Waals surface area contributed by atoms with Gasteiger partial charge in [-0.2, -0.15) is 4.98 Å². The minimum absolute atomic E-state index is 0.0702. The third kappa shape index (κ3) is 3.65. The average molecular weight is 412 g/mol. The third-order valence-electron chi connectivity index (χ3n) is 5.22. The van der Waals surface area contributed by atoms with Crippen molar-refractivity contribution in [2.45, 2.75) is 18.8 Å². The van der Waals surface area contributed by atoms with E-state index in [-0.39, 0.29) is 18.6 Å². The van der Waals surface area contributed by atoms with Gasteiger partial charge in [0.1, 0.15) is 0 Å². The van der Waals surface area contributed by atoms with E-state index in [1.807, 2.05) is 47.4 Å². The molecule has 3 heterocycles. The Bertz CT molecular complexity index is 1050. The highest BCUT2D eigenvalue weighted by Crippen LogP contribution is 2.36. The number of ether oxygens (including phenoxy) is 2. The molecule has 1 fully saturated rings. The molecule has 0 bridgehead atoms. The van der Waals surface area contributed by atoms with Gasteiger partial charge in [0, 0.05) is 36.0 Å². The smallest absolute Gasteiger partial charge is 0.258 e. The van der Waals surface area contributed by atoms with Crippen LogP contribution < -0.4 is 9.47 Å². The monoisotopic (exact) mass is 411 g/mol. The molecule has 148 valence electrons. The predicted molar refractivity (Wildman–Crippen MR) is 105 cm³/mol. The minimum atomic E-state index is -0.0702. The standard InChI is InChI=1S/C21H18ClN3O4/c22-16-4-1-13(2-5-16)7-8-25-11-15(10-19(25)26)20-23-21(29-24-20)14-3-6-17-18(9-14)28-12-27-17/h1-6,9,15H,7-8,10-12H2. The summed E-state index contributed by atoms with van der Waals surface area (Å²) in [4.78, 5) is 18.8. The van der Waals surface area contributed by atoms with Gasteiger partial charge in [0.05, 0.1) is 0 Å². The SMILES string of the molecule is O=C1CC(c2noc(-c3ccc4c(c3)OCO4)n2)CN1CCc1ccc(Cl)cc1. The second-order valence-corrected chi connectivity index (χ2v) is 7.58. The highest BCUT2D eigenvalue weighted by atomic mass is 35.5. The molecular formula is C21H18ClN3O4. The van der Waals surface area contributed by atoms with E-state index in [1.165, 1.54) is 0 Å². The number of benzene rings is 2. The Morgan fingerprint density at radius 2 is 1.93 bits per heavy atom. The van der Waals surface area contributed by atoms with Gasteiger partial charge < -0.3 is 18.9 Å². The van der Waals surface area contributed by atoms with Crippen LogP contribution in [0.3, 0.4) is 0 Å². The van der Waals surface area contributed by atoms with Crippen molar-refractivity contribution < 1.29 is 18.8 Å². The molecule has 1 atom stereocenters. The van der Waals surface area contributed by atoms with Gasteiger partial charge in [0.15, 0.2) is 17.3 Å². The molecule has 2 aliphatic rings. The van der Waals surface area contributed by atoms with Crippen molar-refractivity contribution in [1.82, 2.24) is 15.0 Å². The van der Waals surface area contributed by atoms with Crippen molar-refractivity contribution in [2.75, 3.05) is 19.9 Å². The Labute approximate surface area is 172 Å². The number of carbonyl (C=O) groups excluding carboxylic acids is 1. The summed E-state index contributed by atoms with van der Waals surface area (Å²) < 4.78 is 16.2. The van der Waals surface area contributed by atoms with E-state index in [4.69, 9.17) is 25.6 Å². The first-order chi connectivity index (χ1) is 14.2. The molecule has 1 saturated heterocycles. The van der Waals surface area contributed by atoms with Gasteiger partial charge in [0.25, 0.3) is 5.89 Å². The van der Waals surface area contributed by atoms with Gasteiger partial charge in [-0.3, -0.25) is 4.79 Å². The van der Waals surface area contributed by atoms with Crippen LogP contribution in [0.5, 0.6) is 11.5 Å². The first-order valence-electron chi connectivity index (χ1n) is 9.41. The van der Waals surface area contributed by atoms with E-state index >= 15 is 0 Å². The first-order valence-corrected chi connectivity index (χ1v) is 9.79. The van der Waals surface area contributed by atoms with Gasteiger partial charge >= 0.3 is 0 Å². The molecule has 2 aromatic carbocycles. The van der Waals surface area contributed by atoms with Crippen LogP contribution in [0.1, 0.15) is 23.7 Å². The number of amides is 1. The van der Waals surface area contributed by atoms with Crippen LogP contribution in [0.4, 0.5) is 0 Å². The van der Waals surface area contributed by atoms with Gasteiger partial charge in [-0.1, -0.05) is 28.9 Å². The molecule has 1 aromatic heterocycles. The molecule has 8 heteroatoms. The Morgan fingerprint density at radius 3 is 2.79 bits per heavy atom.